The van der Waals surface area contributed by atoms with Crippen LogP contribution in [0.3, 0.4) is 0 Å². The first-order valence-electron chi connectivity index (χ1n) is 7.77. The smallest absolute Gasteiger partial charge is 0.303 e. The Morgan fingerprint density at radius 2 is 1.70 bits per heavy atom. The predicted molar refractivity (Wildman–Crippen MR) is 83.9 cm³/mol. The van der Waals surface area contributed by atoms with Gasteiger partial charge in [-0.1, -0.05) is 18.2 Å². The SMILES string of the molecule is FC(F)(F)c1nc2ccccc2nc1C=CCCN1CCCC1. The van der Waals surface area contributed by atoms with Gasteiger partial charge in [0.25, 0.3) is 0 Å². The number of rotatable bonds is 4. The maximum atomic E-state index is 13.2. The van der Waals surface area contributed by atoms with Gasteiger partial charge in [-0.3, -0.25) is 0 Å². The Bertz CT molecular complexity index is 704. The molecule has 1 aromatic heterocycles. The maximum Gasteiger partial charge on any atom is 0.435 e. The summed E-state index contributed by atoms with van der Waals surface area (Å²) < 4.78 is 39.6. The van der Waals surface area contributed by atoms with Crippen molar-refractivity contribution in [2.24, 2.45) is 0 Å². The number of halogens is 3. The van der Waals surface area contributed by atoms with Crippen LogP contribution in [0.4, 0.5) is 13.2 Å². The van der Waals surface area contributed by atoms with Crippen molar-refractivity contribution in [3.05, 3.63) is 41.7 Å². The van der Waals surface area contributed by atoms with Crippen molar-refractivity contribution in [1.82, 2.24) is 14.9 Å². The van der Waals surface area contributed by atoms with Crippen molar-refractivity contribution in [3.63, 3.8) is 0 Å². The summed E-state index contributed by atoms with van der Waals surface area (Å²) in [6, 6.07) is 6.61. The lowest BCUT2D eigenvalue weighted by atomic mass is 10.2. The molecule has 3 nitrogen and oxygen atoms in total. The standard InChI is InChI=1S/C17H18F3N3/c18-17(19,20)16-15(9-3-4-10-23-11-5-6-12-23)21-13-7-1-2-8-14(13)22-16/h1-3,7-9H,4-6,10-12H2. The second-order valence-corrected chi connectivity index (χ2v) is 5.68. The number of para-hydroxylation sites is 2. The zero-order chi connectivity index (χ0) is 16.3. The number of likely N-dealkylation sites (tertiary alicyclic amines) is 1. The van der Waals surface area contributed by atoms with E-state index in [1.165, 1.54) is 18.9 Å². The molecule has 0 N–H and O–H groups in total. The molecule has 0 amide bonds. The van der Waals surface area contributed by atoms with Crippen molar-refractivity contribution < 1.29 is 13.2 Å². The second-order valence-electron chi connectivity index (χ2n) is 5.68. The number of alkyl halides is 3. The van der Waals surface area contributed by atoms with Crippen LogP contribution in [0.5, 0.6) is 0 Å². The van der Waals surface area contributed by atoms with E-state index in [4.69, 9.17) is 0 Å². The van der Waals surface area contributed by atoms with Crippen LogP contribution in [-0.4, -0.2) is 34.5 Å². The average Bonchev–Trinajstić information content (AvgIpc) is 3.03. The van der Waals surface area contributed by atoms with Gasteiger partial charge in [0.2, 0.25) is 0 Å². The molecule has 0 unspecified atom stereocenters. The molecule has 0 bridgehead atoms. The normalized spacial score (nSPS) is 16.7. The van der Waals surface area contributed by atoms with E-state index < -0.39 is 11.9 Å². The third-order valence-electron chi connectivity index (χ3n) is 3.95. The van der Waals surface area contributed by atoms with Crippen molar-refractivity contribution in [2.75, 3.05) is 19.6 Å². The summed E-state index contributed by atoms with van der Waals surface area (Å²) in [7, 11) is 0. The first kappa shape index (κ1) is 15.9. The van der Waals surface area contributed by atoms with Crippen LogP contribution >= 0.6 is 0 Å². The van der Waals surface area contributed by atoms with Crippen LogP contribution in [0.15, 0.2) is 30.3 Å². The summed E-state index contributed by atoms with van der Waals surface area (Å²) in [5.41, 5.74) is -0.306. The molecule has 1 saturated heterocycles. The highest BCUT2D eigenvalue weighted by Crippen LogP contribution is 2.31. The van der Waals surface area contributed by atoms with Gasteiger partial charge < -0.3 is 4.90 Å². The zero-order valence-corrected chi connectivity index (χ0v) is 12.7. The molecule has 1 aliphatic heterocycles. The number of hydrogen-bond acceptors (Lipinski definition) is 3. The Morgan fingerprint density at radius 3 is 2.35 bits per heavy atom. The van der Waals surface area contributed by atoms with Gasteiger partial charge in [0.15, 0.2) is 5.69 Å². The van der Waals surface area contributed by atoms with E-state index in [1.54, 1.807) is 30.3 Å². The fraction of sp³-hybridized carbons (Fsp3) is 0.412. The van der Waals surface area contributed by atoms with E-state index in [0.717, 1.165) is 19.6 Å². The Labute approximate surface area is 132 Å². The van der Waals surface area contributed by atoms with Crippen molar-refractivity contribution in [3.8, 4) is 0 Å². The first-order valence-corrected chi connectivity index (χ1v) is 7.77. The monoisotopic (exact) mass is 321 g/mol. The van der Waals surface area contributed by atoms with Crippen molar-refractivity contribution in [1.29, 1.82) is 0 Å². The van der Waals surface area contributed by atoms with Gasteiger partial charge in [-0.05, 0) is 50.6 Å². The first-order chi connectivity index (χ1) is 11.0. The summed E-state index contributed by atoms with van der Waals surface area (Å²) in [5, 5.41) is 0. The Hall–Kier alpha value is -1.95. The molecule has 1 fully saturated rings. The molecule has 1 aliphatic rings. The molecule has 3 rings (SSSR count). The van der Waals surface area contributed by atoms with Gasteiger partial charge >= 0.3 is 6.18 Å². The fourth-order valence-corrected chi connectivity index (χ4v) is 2.80. The second kappa shape index (κ2) is 6.66. The molecular weight excluding hydrogens is 303 g/mol. The third-order valence-corrected chi connectivity index (χ3v) is 3.95. The largest absolute Gasteiger partial charge is 0.435 e. The van der Waals surface area contributed by atoms with Crippen molar-refractivity contribution in [2.45, 2.75) is 25.4 Å². The molecule has 23 heavy (non-hydrogen) atoms. The summed E-state index contributed by atoms with van der Waals surface area (Å²) in [4.78, 5) is 10.2. The van der Waals surface area contributed by atoms with Gasteiger partial charge in [-0.25, -0.2) is 9.97 Å². The number of benzene rings is 1. The Kier molecular flexibility index (Phi) is 4.61. The summed E-state index contributed by atoms with van der Waals surface area (Å²) in [6.45, 7) is 3.04. The van der Waals surface area contributed by atoms with Crippen LogP contribution in [0, 0.1) is 0 Å². The molecule has 0 radical (unpaired) electrons. The molecule has 122 valence electrons. The summed E-state index contributed by atoms with van der Waals surface area (Å²) in [6.07, 6.45) is 1.82. The fourth-order valence-electron chi connectivity index (χ4n) is 2.80. The molecule has 1 aromatic carbocycles. The van der Waals surface area contributed by atoms with E-state index in [1.807, 2.05) is 0 Å². The Balaban J connectivity index is 1.82. The van der Waals surface area contributed by atoms with Gasteiger partial charge in [0, 0.05) is 6.54 Å². The molecule has 0 saturated carbocycles. The minimum absolute atomic E-state index is 0.113. The minimum atomic E-state index is -4.51. The average molecular weight is 321 g/mol. The predicted octanol–water partition coefficient (Wildman–Crippen LogP) is 4.15. The van der Waals surface area contributed by atoms with Crippen LogP contribution in [0.1, 0.15) is 30.7 Å². The quantitative estimate of drug-likeness (QED) is 0.847. The van der Waals surface area contributed by atoms with Crippen LogP contribution < -0.4 is 0 Å². The van der Waals surface area contributed by atoms with Crippen LogP contribution in [0.25, 0.3) is 17.1 Å². The van der Waals surface area contributed by atoms with E-state index in [2.05, 4.69) is 14.9 Å². The maximum absolute atomic E-state index is 13.2. The molecule has 0 atom stereocenters. The minimum Gasteiger partial charge on any atom is -0.303 e. The zero-order valence-electron chi connectivity index (χ0n) is 12.7. The summed E-state index contributed by atoms with van der Waals surface area (Å²) >= 11 is 0. The molecule has 6 heteroatoms. The highest BCUT2D eigenvalue weighted by Gasteiger charge is 2.36. The molecular formula is C17H18F3N3. The van der Waals surface area contributed by atoms with Gasteiger partial charge in [0.1, 0.15) is 0 Å². The van der Waals surface area contributed by atoms with Gasteiger partial charge in [-0.15, -0.1) is 0 Å². The molecule has 2 aromatic rings. The molecule has 0 aliphatic carbocycles. The third kappa shape index (κ3) is 3.88. The highest BCUT2D eigenvalue weighted by molar-refractivity contribution is 5.75. The number of hydrogen-bond donors (Lipinski definition) is 0. The number of fused-ring (bicyclic) bond motifs is 1. The lowest BCUT2D eigenvalue weighted by Gasteiger charge is -2.12. The topological polar surface area (TPSA) is 29.0 Å². The lowest BCUT2D eigenvalue weighted by Crippen LogP contribution is -2.19. The number of nitrogens with zero attached hydrogens (tertiary/aromatic N) is 3. The highest BCUT2D eigenvalue weighted by atomic mass is 19.4. The van der Waals surface area contributed by atoms with E-state index in [-0.39, 0.29) is 11.2 Å². The van der Waals surface area contributed by atoms with Crippen LogP contribution in [-0.2, 0) is 6.18 Å². The molecule has 0 spiro atoms. The van der Waals surface area contributed by atoms with E-state index >= 15 is 0 Å². The van der Waals surface area contributed by atoms with Gasteiger partial charge in [0.05, 0.1) is 16.7 Å². The Morgan fingerprint density at radius 1 is 1.04 bits per heavy atom. The van der Waals surface area contributed by atoms with Gasteiger partial charge in [-0.2, -0.15) is 13.2 Å². The summed E-state index contributed by atoms with van der Waals surface area (Å²) in [5.74, 6) is 0. The van der Waals surface area contributed by atoms with Crippen LogP contribution in [0.2, 0.25) is 0 Å². The van der Waals surface area contributed by atoms with E-state index in [0.29, 0.717) is 11.9 Å². The van der Waals surface area contributed by atoms with Crippen molar-refractivity contribution >= 4 is 17.1 Å². The van der Waals surface area contributed by atoms with E-state index in [9.17, 15) is 13.2 Å². The lowest BCUT2D eigenvalue weighted by molar-refractivity contribution is -0.141. The number of aromatic nitrogens is 2. The molecule has 2 heterocycles.